The van der Waals surface area contributed by atoms with Gasteiger partial charge in [-0.05, 0) is 82.5 Å². The van der Waals surface area contributed by atoms with Gasteiger partial charge >= 0.3 is 0 Å². The van der Waals surface area contributed by atoms with Gasteiger partial charge < -0.3 is 10.6 Å². The zero-order valence-corrected chi connectivity index (χ0v) is 14.0. The van der Waals surface area contributed by atoms with Crippen LogP contribution in [0.2, 0.25) is 0 Å². The summed E-state index contributed by atoms with van der Waals surface area (Å²) in [6.07, 6.45) is 2.80. The van der Waals surface area contributed by atoms with Gasteiger partial charge in [0.15, 0.2) is 0 Å². The lowest BCUT2D eigenvalue weighted by atomic mass is 9.93. The molecule has 0 radical (unpaired) electrons. The van der Waals surface area contributed by atoms with Gasteiger partial charge in [-0.1, -0.05) is 6.92 Å². The van der Waals surface area contributed by atoms with Gasteiger partial charge in [-0.2, -0.15) is 0 Å². The van der Waals surface area contributed by atoms with Crippen LogP contribution in [0.25, 0.3) is 0 Å². The van der Waals surface area contributed by atoms with E-state index in [-0.39, 0.29) is 11.4 Å². The van der Waals surface area contributed by atoms with Crippen LogP contribution in [0.3, 0.4) is 0 Å². The zero-order chi connectivity index (χ0) is 13.2. The molecule has 1 unspecified atom stereocenters. The van der Waals surface area contributed by atoms with Crippen molar-refractivity contribution < 1.29 is 4.79 Å². The van der Waals surface area contributed by atoms with Crippen molar-refractivity contribution in [3.8, 4) is 0 Å². The molecule has 98 valence electrons. The van der Waals surface area contributed by atoms with Crippen LogP contribution in [0.15, 0.2) is 22.7 Å². The molecule has 1 heterocycles. The molecule has 1 saturated heterocycles. The Morgan fingerprint density at radius 2 is 2.39 bits per heavy atom. The Kier molecular flexibility index (Phi) is 4.66. The van der Waals surface area contributed by atoms with Crippen LogP contribution >= 0.6 is 38.5 Å². The molecule has 0 spiro atoms. The highest BCUT2D eigenvalue weighted by Gasteiger charge is 2.39. The summed E-state index contributed by atoms with van der Waals surface area (Å²) in [6, 6.07) is 5.92. The lowest BCUT2D eigenvalue weighted by Crippen LogP contribution is -2.50. The summed E-state index contributed by atoms with van der Waals surface area (Å²) in [4.78, 5) is 12.4. The van der Waals surface area contributed by atoms with E-state index in [9.17, 15) is 4.79 Å². The first-order valence-electron chi connectivity index (χ1n) is 6.09. The standard InChI is InChI=1S/C13H16BrIN2O/c1-2-13(6-3-7-16-13)12(18)17-11-5-4-9(15)8-10(11)14/h4-5,8,16H,2-3,6-7H2,1H3,(H,17,18). The Hall–Kier alpha value is -0.140. The third kappa shape index (κ3) is 2.88. The van der Waals surface area contributed by atoms with Crippen molar-refractivity contribution in [3.05, 3.63) is 26.2 Å². The molecule has 1 aliphatic rings. The average Bonchev–Trinajstić information content (AvgIpc) is 2.82. The summed E-state index contributed by atoms with van der Waals surface area (Å²) in [5.74, 6) is 0.0735. The SMILES string of the molecule is CCC1(C(=O)Nc2ccc(I)cc2Br)CCCN1. The minimum absolute atomic E-state index is 0.0735. The van der Waals surface area contributed by atoms with Crippen molar-refractivity contribution in [2.24, 2.45) is 0 Å². The summed E-state index contributed by atoms with van der Waals surface area (Å²) in [5.41, 5.74) is 0.449. The lowest BCUT2D eigenvalue weighted by molar-refractivity contribution is -0.122. The van der Waals surface area contributed by atoms with Gasteiger partial charge in [0.1, 0.15) is 0 Å². The molecule has 0 aromatic heterocycles. The molecule has 1 aromatic carbocycles. The van der Waals surface area contributed by atoms with Gasteiger partial charge in [0.2, 0.25) is 5.91 Å². The average molecular weight is 423 g/mol. The van der Waals surface area contributed by atoms with Crippen molar-refractivity contribution in [3.63, 3.8) is 0 Å². The molecule has 0 saturated carbocycles. The van der Waals surface area contributed by atoms with E-state index in [1.165, 1.54) is 0 Å². The van der Waals surface area contributed by atoms with Crippen molar-refractivity contribution >= 4 is 50.1 Å². The van der Waals surface area contributed by atoms with Crippen LogP contribution in [0.1, 0.15) is 26.2 Å². The molecule has 1 aromatic rings. The smallest absolute Gasteiger partial charge is 0.244 e. The van der Waals surface area contributed by atoms with E-state index in [0.29, 0.717) is 0 Å². The minimum atomic E-state index is -0.386. The Balaban J connectivity index is 2.15. The topological polar surface area (TPSA) is 41.1 Å². The lowest BCUT2D eigenvalue weighted by Gasteiger charge is -2.27. The molecule has 0 aliphatic carbocycles. The molecule has 3 nitrogen and oxygen atoms in total. The zero-order valence-electron chi connectivity index (χ0n) is 10.2. The predicted octanol–water partition coefficient (Wildman–Crippen LogP) is 3.52. The molecule has 1 amide bonds. The van der Waals surface area contributed by atoms with E-state index in [0.717, 1.165) is 39.5 Å². The Labute approximate surface area is 129 Å². The fourth-order valence-corrected chi connectivity index (χ4v) is 3.69. The summed E-state index contributed by atoms with van der Waals surface area (Å²) in [7, 11) is 0. The molecule has 1 fully saturated rings. The second-order valence-electron chi connectivity index (χ2n) is 4.54. The van der Waals surface area contributed by atoms with Crippen molar-refractivity contribution in [1.29, 1.82) is 0 Å². The molecule has 2 rings (SSSR count). The molecule has 1 atom stereocenters. The Morgan fingerprint density at radius 3 is 2.94 bits per heavy atom. The number of nitrogens with one attached hydrogen (secondary N) is 2. The maximum absolute atomic E-state index is 12.4. The summed E-state index contributed by atoms with van der Waals surface area (Å²) >= 11 is 5.73. The second kappa shape index (κ2) is 5.88. The highest BCUT2D eigenvalue weighted by atomic mass is 127. The number of anilines is 1. The fourth-order valence-electron chi connectivity index (χ4n) is 2.30. The quantitative estimate of drug-likeness (QED) is 0.731. The maximum atomic E-state index is 12.4. The number of halogens is 2. The van der Waals surface area contributed by atoms with Crippen LogP contribution in [0, 0.1) is 3.57 Å². The van der Waals surface area contributed by atoms with E-state index >= 15 is 0 Å². The molecule has 18 heavy (non-hydrogen) atoms. The molecular weight excluding hydrogens is 407 g/mol. The largest absolute Gasteiger partial charge is 0.323 e. The molecule has 1 aliphatic heterocycles. The first-order chi connectivity index (χ1) is 8.57. The van der Waals surface area contributed by atoms with E-state index in [4.69, 9.17) is 0 Å². The van der Waals surface area contributed by atoms with E-state index in [2.05, 4.69) is 56.1 Å². The number of benzene rings is 1. The van der Waals surface area contributed by atoms with Gasteiger partial charge in [0.25, 0.3) is 0 Å². The number of hydrogen-bond donors (Lipinski definition) is 2. The van der Waals surface area contributed by atoms with E-state index < -0.39 is 0 Å². The number of hydrogen-bond acceptors (Lipinski definition) is 2. The first-order valence-corrected chi connectivity index (χ1v) is 7.96. The normalized spacial score (nSPS) is 23.1. The Bertz CT molecular complexity index is 458. The highest BCUT2D eigenvalue weighted by Crippen LogP contribution is 2.28. The second-order valence-corrected chi connectivity index (χ2v) is 6.64. The van der Waals surface area contributed by atoms with Crippen molar-refractivity contribution in [2.75, 3.05) is 11.9 Å². The molecule has 5 heteroatoms. The number of carbonyl (C=O) groups is 1. The summed E-state index contributed by atoms with van der Waals surface area (Å²) in [5, 5.41) is 6.36. The molecule has 2 N–H and O–H groups in total. The Morgan fingerprint density at radius 1 is 1.61 bits per heavy atom. The fraction of sp³-hybridized carbons (Fsp3) is 0.462. The van der Waals surface area contributed by atoms with Gasteiger partial charge in [-0.25, -0.2) is 0 Å². The van der Waals surface area contributed by atoms with Gasteiger partial charge in [-0.15, -0.1) is 0 Å². The summed E-state index contributed by atoms with van der Waals surface area (Å²) < 4.78 is 2.06. The highest BCUT2D eigenvalue weighted by molar-refractivity contribution is 14.1. The third-order valence-corrected chi connectivity index (χ3v) is 4.79. The van der Waals surface area contributed by atoms with Crippen LogP contribution in [-0.2, 0) is 4.79 Å². The van der Waals surface area contributed by atoms with Crippen LogP contribution < -0.4 is 10.6 Å². The minimum Gasteiger partial charge on any atom is -0.323 e. The van der Waals surface area contributed by atoms with Crippen LogP contribution in [-0.4, -0.2) is 18.0 Å². The predicted molar refractivity (Wildman–Crippen MR) is 85.7 cm³/mol. The maximum Gasteiger partial charge on any atom is 0.244 e. The number of amides is 1. The number of carbonyl (C=O) groups excluding carboxylic acids is 1. The monoisotopic (exact) mass is 422 g/mol. The van der Waals surface area contributed by atoms with Crippen LogP contribution in [0.4, 0.5) is 5.69 Å². The van der Waals surface area contributed by atoms with E-state index in [1.54, 1.807) is 0 Å². The van der Waals surface area contributed by atoms with E-state index in [1.807, 2.05) is 18.2 Å². The van der Waals surface area contributed by atoms with Crippen molar-refractivity contribution in [2.45, 2.75) is 31.7 Å². The van der Waals surface area contributed by atoms with Gasteiger partial charge in [-0.3, -0.25) is 4.79 Å². The number of rotatable bonds is 3. The van der Waals surface area contributed by atoms with Gasteiger partial charge in [0.05, 0.1) is 11.2 Å². The first kappa shape index (κ1) is 14.3. The van der Waals surface area contributed by atoms with Gasteiger partial charge in [0, 0.05) is 8.04 Å². The molecular formula is C13H16BrIN2O. The summed E-state index contributed by atoms with van der Waals surface area (Å²) in [6.45, 7) is 2.98. The molecule has 0 bridgehead atoms. The van der Waals surface area contributed by atoms with Crippen molar-refractivity contribution in [1.82, 2.24) is 5.32 Å². The third-order valence-electron chi connectivity index (χ3n) is 3.46. The van der Waals surface area contributed by atoms with Crippen LogP contribution in [0.5, 0.6) is 0 Å².